The Morgan fingerprint density at radius 2 is 1.75 bits per heavy atom. The number of halogens is 2. The zero-order valence-electron chi connectivity index (χ0n) is 11.0. The van der Waals surface area contributed by atoms with Crippen LogP contribution in [0, 0.1) is 6.92 Å². The zero-order chi connectivity index (χ0) is 14.5. The lowest BCUT2D eigenvalue weighted by Crippen LogP contribution is -2.08. The lowest BCUT2D eigenvalue weighted by Gasteiger charge is -2.10. The molecule has 0 saturated carbocycles. The minimum atomic E-state index is -2.57. The molecule has 0 heterocycles. The number of hydrogen-bond donors (Lipinski definition) is 0. The Bertz CT molecular complexity index is 592. The molecular formula is C16H14F2O2. The summed E-state index contributed by atoms with van der Waals surface area (Å²) in [5.74, 6) is 0.179. The first-order valence-electron chi connectivity index (χ1n) is 6.17. The summed E-state index contributed by atoms with van der Waals surface area (Å²) in [6, 6.07) is 12.7. The molecule has 104 valence electrons. The summed E-state index contributed by atoms with van der Waals surface area (Å²) in [7, 11) is 0. The fourth-order valence-electron chi connectivity index (χ4n) is 1.84. The van der Waals surface area contributed by atoms with E-state index in [1.165, 1.54) is 0 Å². The highest BCUT2D eigenvalue weighted by atomic mass is 19.3. The van der Waals surface area contributed by atoms with Crippen LogP contribution in [0.25, 0.3) is 11.1 Å². The van der Waals surface area contributed by atoms with Crippen LogP contribution >= 0.6 is 0 Å². The van der Waals surface area contributed by atoms with E-state index in [-0.39, 0.29) is 11.3 Å². The van der Waals surface area contributed by atoms with Crippen LogP contribution in [0.2, 0.25) is 0 Å². The molecular weight excluding hydrogens is 262 g/mol. The quantitative estimate of drug-likeness (QED) is 0.768. The Labute approximate surface area is 116 Å². The fourth-order valence-corrected chi connectivity index (χ4v) is 1.84. The van der Waals surface area contributed by atoms with Gasteiger partial charge in [0, 0.05) is 0 Å². The number of ether oxygens (including phenoxy) is 1. The summed E-state index contributed by atoms with van der Waals surface area (Å²) < 4.78 is 29.4. The lowest BCUT2D eigenvalue weighted by atomic mass is 10.0. The van der Waals surface area contributed by atoms with Gasteiger partial charge in [-0.1, -0.05) is 35.9 Å². The van der Waals surface area contributed by atoms with E-state index in [1.807, 2.05) is 31.2 Å². The number of hydrogen-bond acceptors (Lipinski definition) is 2. The topological polar surface area (TPSA) is 26.3 Å². The van der Waals surface area contributed by atoms with Gasteiger partial charge in [-0.25, -0.2) is 8.78 Å². The molecule has 2 rings (SSSR count). The summed E-state index contributed by atoms with van der Waals surface area (Å²) in [5.41, 5.74) is 3.16. The Kier molecular flexibility index (Phi) is 4.45. The van der Waals surface area contributed by atoms with Gasteiger partial charge in [0.2, 0.25) is 0 Å². The molecule has 0 aromatic heterocycles. The van der Waals surface area contributed by atoms with E-state index in [2.05, 4.69) is 0 Å². The molecule has 0 amide bonds. The van der Waals surface area contributed by atoms with E-state index in [0.717, 1.165) is 16.7 Å². The number of aryl methyl sites for hydroxylation is 1. The molecule has 2 aromatic rings. The smallest absolute Gasteiger partial charge is 0.272 e. The summed E-state index contributed by atoms with van der Waals surface area (Å²) in [5, 5.41) is 0. The third-order valence-electron chi connectivity index (χ3n) is 2.89. The molecule has 0 fully saturated rings. The maximum atomic E-state index is 12.2. The van der Waals surface area contributed by atoms with Gasteiger partial charge in [-0.2, -0.15) is 0 Å². The van der Waals surface area contributed by atoms with Crippen LogP contribution in [0.1, 0.15) is 15.9 Å². The number of carbonyl (C=O) groups is 1. The molecule has 0 atom stereocenters. The molecule has 0 unspecified atom stereocenters. The standard InChI is InChI=1S/C16H14F2O2/c1-11-2-4-12(5-3-11)13-6-7-14(9-19)15(8-13)20-10-16(17)18/h2-9,16H,10H2,1H3. The summed E-state index contributed by atoms with van der Waals surface area (Å²) in [6.45, 7) is 1.26. The molecule has 2 nitrogen and oxygen atoms in total. The van der Waals surface area contributed by atoms with Crippen molar-refractivity contribution in [3.63, 3.8) is 0 Å². The molecule has 20 heavy (non-hydrogen) atoms. The van der Waals surface area contributed by atoms with Gasteiger partial charge in [0.1, 0.15) is 12.4 Å². The van der Waals surface area contributed by atoms with Gasteiger partial charge in [0.15, 0.2) is 6.29 Å². The Morgan fingerprint density at radius 3 is 2.35 bits per heavy atom. The average Bonchev–Trinajstić information content (AvgIpc) is 2.45. The van der Waals surface area contributed by atoms with Gasteiger partial charge in [-0.3, -0.25) is 4.79 Å². The fraction of sp³-hybridized carbons (Fsp3) is 0.188. The second-order valence-corrected chi connectivity index (χ2v) is 4.44. The molecule has 4 heteroatoms. The average molecular weight is 276 g/mol. The van der Waals surface area contributed by atoms with Crippen molar-refractivity contribution < 1.29 is 18.3 Å². The number of rotatable bonds is 5. The van der Waals surface area contributed by atoms with Crippen molar-refractivity contribution in [2.75, 3.05) is 6.61 Å². The van der Waals surface area contributed by atoms with Crippen LogP contribution in [0.5, 0.6) is 5.75 Å². The van der Waals surface area contributed by atoms with Crippen molar-refractivity contribution in [2.45, 2.75) is 13.3 Å². The van der Waals surface area contributed by atoms with Gasteiger partial charge in [-0.05, 0) is 30.2 Å². The minimum Gasteiger partial charge on any atom is -0.487 e. The molecule has 2 aromatic carbocycles. The van der Waals surface area contributed by atoms with Gasteiger partial charge in [-0.15, -0.1) is 0 Å². The molecule has 0 radical (unpaired) electrons. The van der Waals surface area contributed by atoms with Crippen molar-refractivity contribution in [1.29, 1.82) is 0 Å². The van der Waals surface area contributed by atoms with E-state index in [4.69, 9.17) is 4.74 Å². The van der Waals surface area contributed by atoms with Crippen molar-refractivity contribution in [3.8, 4) is 16.9 Å². The molecule has 0 bridgehead atoms. The zero-order valence-corrected chi connectivity index (χ0v) is 11.0. The second kappa shape index (κ2) is 6.28. The lowest BCUT2D eigenvalue weighted by molar-refractivity contribution is 0.0809. The first-order valence-corrected chi connectivity index (χ1v) is 6.17. The molecule has 0 aliphatic rings. The number of benzene rings is 2. The van der Waals surface area contributed by atoms with Crippen LogP contribution < -0.4 is 4.74 Å². The Hall–Kier alpha value is -2.23. The van der Waals surface area contributed by atoms with Gasteiger partial charge in [0.25, 0.3) is 6.43 Å². The largest absolute Gasteiger partial charge is 0.487 e. The highest BCUT2D eigenvalue weighted by molar-refractivity contribution is 5.81. The van der Waals surface area contributed by atoms with Crippen LogP contribution in [0.3, 0.4) is 0 Å². The number of aldehydes is 1. The molecule has 0 N–H and O–H groups in total. The van der Waals surface area contributed by atoms with Crippen LogP contribution in [0.15, 0.2) is 42.5 Å². The van der Waals surface area contributed by atoms with E-state index >= 15 is 0 Å². The minimum absolute atomic E-state index is 0.179. The molecule has 0 aliphatic carbocycles. The SMILES string of the molecule is Cc1ccc(-c2ccc(C=O)c(OCC(F)F)c2)cc1. The van der Waals surface area contributed by atoms with Crippen LogP contribution in [-0.2, 0) is 0 Å². The van der Waals surface area contributed by atoms with Crippen molar-refractivity contribution in [3.05, 3.63) is 53.6 Å². The summed E-state index contributed by atoms with van der Waals surface area (Å²) in [4.78, 5) is 10.9. The van der Waals surface area contributed by atoms with E-state index in [9.17, 15) is 13.6 Å². The van der Waals surface area contributed by atoms with Crippen LogP contribution in [0.4, 0.5) is 8.78 Å². The highest BCUT2D eigenvalue weighted by Gasteiger charge is 2.09. The first-order chi connectivity index (χ1) is 9.60. The number of alkyl halides is 2. The Morgan fingerprint density at radius 1 is 1.10 bits per heavy atom. The summed E-state index contributed by atoms with van der Waals surface area (Å²) >= 11 is 0. The predicted octanol–water partition coefficient (Wildman–Crippen LogP) is 4.12. The van der Waals surface area contributed by atoms with Crippen molar-refractivity contribution >= 4 is 6.29 Å². The molecule has 0 aliphatic heterocycles. The van der Waals surface area contributed by atoms with E-state index in [0.29, 0.717) is 6.29 Å². The van der Waals surface area contributed by atoms with Gasteiger partial charge < -0.3 is 4.74 Å². The van der Waals surface area contributed by atoms with Crippen LogP contribution in [-0.4, -0.2) is 19.3 Å². The Balaban J connectivity index is 2.33. The number of carbonyl (C=O) groups excluding carboxylic acids is 1. The molecule has 0 saturated heterocycles. The third kappa shape index (κ3) is 3.41. The summed E-state index contributed by atoms with van der Waals surface area (Å²) in [6.07, 6.45) is -1.97. The van der Waals surface area contributed by atoms with Crippen molar-refractivity contribution in [1.82, 2.24) is 0 Å². The maximum Gasteiger partial charge on any atom is 0.272 e. The molecule has 0 spiro atoms. The maximum absolute atomic E-state index is 12.2. The predicted molar refractivity (Wildman–Crippen MR) is 73.5 cm³/mol. The van der Waals surface area contributed by atoms with Gasteiger partial charge >= 0.3 is 0 Å². The van der Waals surface area contributed by atoms with E-state index < -0.39 is 13.0 Å². The monoisotopic (exact) mass is 276 g/mol. The third-order valence-corrected chi connectivity index (χ3v) is 2.89. The first kappa shape index (κ1) is 14.2. The highest BCUT2D eigenvalue weighted by Crippen LogP contribution is 2.27. The van der Waals surface area contributed by atoms with E-state index in [1.54, 1.807) is 18.2 Å². The van der Waals surface area contributed by atoms with Crippen molar-refractivity contribution in [2.24, 2.45) is 0 Å². The normalized spacial score (nSPS) is 10.6. The van der Waals surface area contributed by atoms with Gasteiger partial charge in [0.05, 0.1) is 5.56 Å². The second-order valence-electron chi connectivity index (χ2n) is 4.44.